The summed E-state index contributed by atoms with van der Waals surface area (Å²) in [5.41, 5.74) is 5.78. The van der Waals surface area contributed by atoms with Crippen molar-refractivity contribution in [3.63, 3.8) is 0 Å². The van der Waals surface area contributed by atoms with Gasteiger partial charge in [0.25, 0.3) is 15.9 Å². The van der Waals surface area contributed by atoms with Gasteiger partial charge in [-0.05, 0) is 45.0 Å². The molecule has 0 fully saturated rings. The van der Waals surface area contributed by atoms with E-state index in [2.05, 4.69) is 20.3 Å². The van der Waals surface area contributed by atoms with E-state index in [-0.39, 0.29) is 28.6 Å². The van der Waals surface area contributed by atoms with Crippen molar-refractivity contribution in [3.05, 3.63) is 60.7 Å². The van der Waals surface area contributed by atoms with Gasteiger partial charge >= 0.3 is 12.2 Å². The lowest BCUT2D eigenvalue weighted by atomic mass is 10.1. The van der Waals surface area contributed by atoms with Crippen molar-refractivity contribution in [3.8, 4) is 11.3 Å². The van der Waals surface area contributed by atoms with Gasteiger partial charge in [0.2, 0.25) is 0 Å². The highest BCUT2D eigenvalue weighted by Crippen LogP contribution is 2.24. The Morgan fingerprint density at radius 1 is 1.10 bits per heavy atom. The number of hydrogen-bond donors (Lipinski definition) is 4. The molecule has 15 heteroatoms. The molecule has 206 valence electrons. The Bertz CT molecular complexity index is 1460. The van der Waals surface area contributed by atoms with Gasteiger partial charge < -0.3 is 26.2 Å². The minimum absolute atomic E-state index is 0.109. The zero-order chi connectivity index (χ0) is 28.8. The van der Waals surface area contributed by atoms with Crippen LogP contribution in [0.4, 0.5) is 21.1 Å². The highest BCUT2D eigenvalue weighted by Gasteiger charge is 2.33. The molecule has 0 bridgehead atoms. The summed E-state index contributed by atoms with van der Waals surface area (Å²) >= 11 is 0. The second-order valence-electron chi connectivity index (χ2n) is 9.00. The predicted octanol–water partition coefficient (Wildman–Crippen LogP) is 2.57. The van der Waals surface area contributed by atoms with Crippen molar-refractivity contribution < 1.29 is 32.6 Å². The van der Waals surface area contributed by atoms with Crippen LogP contribution in [-0.2, 0) is 14.8 Å². The van der Waals surface area contributed by atoms with Crippen LogP contribution >= 0.6 is 0 Å². The highest BCUT2D eigenvalue weighted by atomic mass is 32.2. The number of amides is 3. The number of rotatable bonds is 8. The van der Waals surface area contributed by atoms with E-state index in [4.69, 9.17) is 15.6 Å². The van der Waals surface area contributed by atoms with Gasteiger partial charge in [-0.25, -0.2) is 28.0 Å². The average Bonchev–Trinajstić information content (AvgIpc) is 2.86. The zero-order valence-corrected chi connectivity index (χ0v) is 22.1. The van der Waals surface area contributed by atoms with E-state index in [1.54, 1.807) is 39.1 Å². The van der Waals surface area contributed by atoms with Gasteiger partial charge in [0.05, 0.1) is 35.2 Å². The molecule has 3 rings (SSSR count). The first kappa shape index (κ1) is 28.8. The number of anilines is 2. The fraction of sp³-hybridized carbons (Fsp3) is 0.250. The number of pyridine rings is 1. The van der Waals surface area contributed by atoms with Crippen LogP contribution in [0.25, 0.3) is 11.3 Å². The Balaban J connectivity index is 1.87. The SMILES string of the molecule is CC(C)(C)OC(=O)N(CCNC(=O)O)S(=O)(=O)c1ccc(-c2cnc(N)c(C(=O)Nc3cccnc3)n2)cc1. The van der Waals surface area contributed by atoms with E-state index < -0.39 is 40.3 Å². The summed E-state index contributed by atoms with van der Waals surface area (Å²) in [6, 6.07) is 8.58. The van der Waals surface area contributed by atoms with Crippen molar-refractivity contribution >= 4 is 39.6 Å². The zero-order valence-electron chi connectivity index (χ0n) is 21.3. The molecule has 14 nitrogen and oxygen atoms in total. The van der Waals surface area contributed by atoms with Gasteiger partial charge in [-0.3, -0.25) is 9.78 Å². The maximum atomic E-state index is 13.3. The van der Waals surface area contributed by atoms with E-state index in [0.717, 1.165) is 0 Å². The minimum Gasteiger partial charge on any atom is -0.465 e. The van der Waals surface area contributed by atoms with Crippen molar-refractivity contribution in [2.75, 3.05) is 24.1 Å². The van der Waals surface area contributed by atoms with Crippen LogP contribution < -0.4 is 16.4 Å². The van der Waals surface area contributed by atoms with Gasteiger partial charge in [0.1, 0.15) is 5.60 Å². The van der Waals surface area contributed by atoms with Crippen LogP contribution in [0.5, 0.6) is 0 Å². The highest BCUT2D eigenvalue weighted by molar-refractivity contribution is 7.89. The monoisotopic (exact) mass is 557 g/mol. The van der Waals surface area contributed by atoms with Crippen LogP contribution in [0.1, 0.15) is 31.3 Å². The first-order chi connectivity index (χ1) is 18.3. The number of nitrogen functional groups attached to an aromatic ring is 1. The number of hydrogen-bond acceptors (Lipinski definition) is 10. The Morgan fingerprint density at radius 3 is 2.38 bits per heavy atom. The number of benzene rings is 1. The number of carbonyl (C=O) groups is 3. The molecule has 0 spiro atoms. The van der Waals surface area contributed by atoms with E-state index in [9.17, 15) is 22.8 Å². The topological polar surface area (TPSA) is 207 Å². The number of ether oxygens (including phenoxy) is 1. The molecular weight excluding hydrogens is 530 g/mol. The number of carboxylic acid groups (broad SMARTS) is 1. The molecule has 3 aromatic rings. The molecule has 0 atom stereocenters. The average molecular weight is 558 g/mol. The number of aromatic nitrogens is 3. The second-order valence-corrected chi connectivity index (χ2v) is 10.9. The molecular formula is C24H27N7O7S. The van der Waals surface area contributed by atoms with Gasteiger partial charge in [-0.15, -0.1) is 0 Å². The fourth-order valence-corrected chi connectivity index (χ4v) is 4.44. The standard InChI is InChI=1S/C24H27N7O7S/c1-24(2,3)38-23(35)31(12-11-27-22(33)34)39(36,37)17-8-6-15(7-9-17)18-14-28-20(25)19(30-18)21(32)29-16-5-4-10-26-13-16/h4-10,13-14,27H,11-12H2,1-3H3,(H2,25,28)(H,29,32)(H,33,34). The molecule has 0 saturated heterocycles. The Morgan fingerprint density at radius 2 is 1.79 bits per heavy atom. The summed E-state index contributed by atoms with van der Waals surface area (Å²) in [7, 11) is -4.43. The molecule has 0 unspecified atom stereocenters. The number of nitrogens with one attached hydrogen (secondary N) is 2. The normalized spacial score (nSPS) is 11.4. The largest absolute Gasteiger partial charge is 0.465 e. The van der Waals surface area contributed by atoms with Crippen molar-refractivity contribution in [1.29, 1.82) is 0 Å². The number of nitrogens with zero attached hydrogens (tertiary/aromatic N) is 4. The van der Waals surface area contributed by atoms with Gasteiger partial charge in [0.15, 0.2) is 11.5 Å². The number of nitrogens with two attached hydrogens (primary N) is 1. The second kappa shape index (κ2) is 11.7. The molecule has 0 aliphatic rings. The van der Waals surface area contributed by atoms with Crippen LogP contribution in [0.2, 0.25) is 0 Å². The van der Waals surface area contributed by atoms with E-state index in [0.29, 0.717) is 15.6 Å². The van der Waals surface area contributed by atoms with Gasteiger partial charge in [-0.2, -0.15) is 4.31 Å². The molecule has 1 aromatic carbocycles. The van der Waals surface area contributed by atoms with E-state index in [1.165, 1.54) is 36.7 Å². The number of sulfonamides is 1. The molecule has 0 aliphatic heterocycles. The summed E-state index contributed by atoms with van der Waals surface area (Å²) in [6.07, 6.45) is 1.78. The van der Waals surface area contributed by atoms with Crippen LogP contribution in [0.3, 0.4) is 0 Å². The van der Waals surface area contributed by atoms with E-state index in [1.807, 2.05) is 5.32 Å². The first-order valence-corrected chi connectivity index (χ1v) is 12.9. The Kier molecular flexibility index (Phi) is 8.65. The molecule has 0 saturated carbocycles. The smallest absolute Gasteiger partial charge is 0.424 e. The van der Waals surface area contributed by atoms with Crippen LogP contribution in [0.15, 0.2) is 59.9 Å². The summed E-state index contributed by atoms with van der Waals surface area (Å²) in [5, 5.41) is 13.5. The third-order valence-electron chi connectivity index (χ3n) is 4.86. The summed E-state index contributed by atoms with van der Waals surface area (Å²) in [4.78, 5) is 48.1. The lowest BCUT2D eigenvalue weighted by molar-refractivity contribution is 0.0391. The fourth-order valence-electron chi connectivity index (χ4n) is 3.14. The van der Waals surface area contributed by atoms with Crippen molar-refractivity contribution in [2.45, 2.75) is 31.3 Å². The molecule has 0 aliphatic carbocycles. The minimum atomic E-state index is -4.43. The van der Waals surface area contributed by atoms with Crippen molar-refractivity contribution in [2.24, 2.45) is 0 Å². The summed E-state index contributed by atoms with van der Waals surface area (Å²) < 4.78 is 32.2. The molecule has 0 radical (unpaired) electrons. The van der Waals surface area contributed by atoms with Gasteiger partial charge in [0, 0.05) is 18.3 Å². The maximum Gasteiger partial charge on any atom is 0.424 e. The molecule has 5 N–H and O–H groups in total. The van der Waals surface area contributed by atoms with Crippen molar-refractivity contribution in [1.82, 2.24) is 24.6 Å². The predicted molar refractivity (Wildman–Crippen MR) is 140 cm³/mol. The first-order valence-electron chi connectivity index (χ1n) is 11.4. The lowest BCUT2D eigenvalue weighted by Crippen LogP contribution is -2.44. The van der Waals surface area contributed by atoms with Crippen LogP contribution in [-0.4, -0.2) is 69.6 Å². The van der Waals surface area contributed by atoms with Gasteiger partial charge in [-0.1, -0.05) is 12.1 Å². The molecule has 3 amide bonds. The lowest BCUT2D eigenvalue weighted by Gasteiger charge is -2.27. The summed E-state index contributed by atoms with van der Waals surface area (Å²) in [6.45, 7) is 3.86. The third kappa shape index (κ3) is 7.61. The van der Waals surface area contributed by atoms with Crippen LogP contribution in [0, 0.1) is 0 Å². The summed E-state index contributed by atoms with van der Waals surface area (Å²) in [5.74, 6) is -0.723. The third-order valence-corrected chi connectivity index (χ3v) is 6.64. The quantitative estimate of drug-likeness (QED) is 0.316. The molecule has 2 heterocycles. The Hall–Kier alpha value is -4.79. The number of carbonyl (C=O) groups excluding carboxylic acids is 2. The molecule has 39 heavy (non-hydrogen) atoms. The maximum absolute atomic E-state index is 13.3. The molecule has 2 aromatic heterocycles. The van der Waals surface area contributed by atoms with E-state index >= 15 is 0 Å². The Labute approximate surface area is 224 Å².